The van der Waals surface area contributed by atoms with Gasteiger partial charge in [-0.3, -0.25) is 10.1 Å². The lowest BCUT2D eigenvalue weighted by Crippen LogP contribution is -2.38. The van der Waals surface area contributed by atoms with Crippen molar-refractivity contribution in [2.75, 3.05) is 31.6 Å². The number of piperidine rings is 1. The Bertz CT molecular complexity index is 510. The van der Waals surface area contributed by atoms with Crippen LogP contribution in [0.25, 0.3) is 0 Å². The van der Waals surface area contributed by atoms with Crippen molar-refractivity contribution in [3.63, 3.8) is 0 Å². The Labute approximate surface area is 116 Å². The van der Waals surface area contributed by atoms with Gasteiger partial charge in [0.25, 0.3) is 0 Å². The highest BCUT2D eigenvalue weighted by molar-refractivity contribution is 5.60. The van der Waals surface area contributed by atoms with Crippen LogP contribution in [0.4, 0.5) is 15.8 Å². The number of hydrogen-bond donors (Lipinski definition) is 1. The quantitative estimate of drug-likeness (QED) is 0.674. The number of rotatable bonds is 4. The summed E-state index contributed by atoms with van der Waals surface area (Å²) < 4.78 is 19.1. The van der Waals surface area contributed by atoms with Gasteiger partial charge in [-0.25, -0.2) is 4.39 Å². The molecule has 2 rings (SSSR count). The predicted molar refractivity (Wildman–Crippen MR) is 73.6 cm³/mol. The summed E-state index contributed by atoms with van der Waals surface area (Å²) in [6.45, 7) is 1.94. The molecular formula is C13H18FN3O3. The van der Waals surface area contributed by atoms with Crippen molar-refractivity contribution in [2.45, 2.75) is 12.8 Å². The highest BCUT2D eigenvalue weighted by atomic mass is 19.1. The maximum Gasteiger partial charge on any atom is 0.313 e. The summed E-state index contributed by atoms with van der Waals surface area (Å²) in [6.07, 6.45) is 1.96. The molecular weight excluding hydrogens is 265 g/mol. The molecule has 0 bridgehead atoms. The van der Waals surface area contributed by atoms with Crippen LogP contribution in [0.15, 0.2) is 12.1 Å². The molecule has 1 fully saturated rings. The van der Waals surface area contributed by atoms with Gasteiger partial charge in [0.05, 0.1) is 23.8 Å². The summed E-state index contributed by atoms with van der Waals surface area (Å²) in [5.74, 6) is -0.208. The van der Waals surface area contributed by atoms with Gasteiger partial charge in [0.1, 0.15) is 0 Å². The lowest BCUT2D eigenvalue weighted by Gasteiger charge is -2.34. The van der Waals surface area contributed by atoms with Gasteiger partial charge in [-0.2, -0.15) is 0 Å². The van der Waals surface area contributed by atoms with E-state index in [2.05, 4.69) is 0 Å². The van der Waals surface area contributed by atoms with Crippen LogP contribution < -0.4 is 15.4 Å². The lowest BCUT2D eigenvalue weighted by atomic mass is 9.97. The van der Waals surface area contributed by atoms with Gasteiger partial charge in [0.15, 0.2) is 11.6 Å². The smallest absolute Gasteiger partial charge is 0.313 e. The number of nitrogens with two attached hydrogens (primary N) is 1. The van der Waals surface area contributed by atoms with Crippen molar-refractivity contribution in [3.8, 4) is 5.75 Å². The normalized spacial score (nSPS) is 18.9. The number of nitrogens with zero attached hydrogens (tertiary/aromatic N) is 2. The van der Waals surface area contributed by atoms with E-state index in [4.69, 9.17) is 10.5 Å². The highest BCUT2D eigenvalue weighted by Gasteiger charge is 2.25. The second-order valence-corrected chi connectivity index (χ2v) is 4.92. The second kappa shape index (κ2) is 6.04. The number of benzene rings is 1. The summed E-state index contributed by atoms with van der Waals surface area (Å²) in [5.41, 5.74) is 5.65. The van der Waals surface area contributed by atoms with Gasteiger partial charge < -0.3 is 15.4 Å². The van der Waals surface area contributed by atoms with E-state index in [9.17, 15) is 14.5 Å². The van der Waals surface area contributed by atoms with Crippen molar-refractivity contribution < 1.29 is 14.1 Å². The zero-order valence-electron chi connectivity index (χ0n) is 11.3. The Kier molecular flexibility index (Phi) is 4.39. The molecule has 0 spiro atoms. The molecule has 2 N–H and O–H groups in total. The fourth-order valence-corrected chi connectivity index (χ4v) is 2.56. The summed E-state index contributed by atoms with van der Waals surface area (Å²) in [6, 6.07) is 2.31. The average Bonchev–Trinajstić information content (AvgIpc) is 2.46. The number of halogens is 1. The van der Waals surface area contributed by atoms with Gasteiger partial charge in [-0.15, -0.1) is 0 Å². The third-order valence-corrected chi connectivity index (χ3v) is 3.64. The minimum atomic E-state index is -0.648. The first kappa shape index (κ1) is 14.5. The summed E-state index contributed by atoms with van der Waals surface area (Å²) in [7, 11) is 1.34. The molecule has 1 aliphatic rings. The van der Waals surface area contributed by atoms with Crippen molar-refractivity contribution in [1.82, 2.24) is 0 Å². The lowest BCUT2D eigenvalue weighted by molar-refractivity contribution is -0.385. The summed E-state index contributed by atoms with van der Waals surface area (Å²) in [4.78, 5) is 12.1. The maximum absolute atomic E-state index is 14.1. The van der Waals surface area contributed by atoms with Gasteiger partial charge >= 0.3 is 5.69 Å². The SMILES string of the molecule is COc1cc(N2CCCC(CN)C2)c(F)cc1[N+](=O)[O-]. The van der Waals surface area contributed by atoms with Gasteiger partial charge in [-0.05, 0) is 25.3 Å². The van der Waals surface area contributed by atoms with E-state index in [-0.39, 0.29) is 11.4 Å². The van der Waals surface area contributed by atoms with Crippen LogP contribution in [0, 0.1) is 21.8 Å². The standard InChI is InChI=1S/C13H18FN3O3/c1-20-13-6-11(10(14)5-12(13)17(18)19)16-4-2-3-9(7-15)8-16/h5-6,9H,2-4,7-8,15H2,1H3. The fourth-order valence-electron chi connectivity index (χ4n) is 2.56. The molecule has 1 aromatic carbocycles. The van der Waals surface area contributed by atoms with Crippen LogP contribution in [0.1, 0.15) is 12.8 Å². The Balaban J connectivity index is 2.34. The minimum absolute atomic E-state index is 0.0706. The van der Waals surface area contributed by atoms with Crippen molar-refractivity contribution in [2.24, 2.45) is 11.7 Å². The third-order valence-electron chi connectivity index (χ3n) is 3.64. The van der Waals surface area contributed by atoms with E-state index in [1.807, 2.05) is 4.90 Å². The summed E-state index contributed by atoms with van der Waals surface area (Å²) >= 11 is 0. The Morgan fingerprint density at radius 1 is 1.60 bits per heavy atom. The highest BCUT2D eigenvalue weighted by Crippen LogP contribution is 2.35. The first-order valence-corrected chi connectivity index (χ1v) is 6.53. The minimum Gasteiger partial charge on any atom is -0.490 e. The van der Waals surface area contributed by atoms with E-state index in [1.165, 1.54) is 13.2 Å². The van der Waals surface area contributed by atoms with Crippen LogP contribution in [-0.4, -0.2) is 31.7 Å². The van der Waals surface area contributed by atoms with Crippen LogP contribution >= 0.6 is 0 Å². The Morgan fingerprint density at radius 3 is 2.95 bits per heavy atom. The van der Waals surface area contributed by atoms with Gasteiger partial charge in [0, 0.05) is 19.2 Å². The first-order chi connectivity index (χ1) is 9.56. The number of methoxy groups -OCH3 is 1. The van der Waals surface area contributed by atoms with Crippen LogP contribution in [0.3, 0.4) is 0 Å². The molecule has 110 valence electrons. The molecule has 0 saturated carbocycles. The second-order valence-electron chi connectivity index (χ2n) is 4.92. The molecule has 6 nitrogen and oxygen atoms in total. The Hall–Kier alpha value is -1.89. The molecule has 0 aromatic heterocycles. The molecule has 0 radical (unpaired) electrons. The molecule has 1 atom stereocenters. The molecule has 0 amide bonds. The van der Waals surface area contributed by atoms with E-state index in [0.717, 1.165) is 18.9 Å². The maximum atomic E-state index is 14.1. The van der Waals surface area contributed by atoms with Crippen LogP contribution in [0.2, 0.25) is 0 Å². The van der Waals surface area contributed by atoms with Crippen LogP contribution in [0.5, 0.6) is 5.75 Å². The predicted octanol–water partition coefficient (Wildman–Crippen LogP) is 1.92. The first-order valence-electron chi connectivity index (χ1n) is 6.53. The van der Waals surface area contributed by atoms with Crippen molar-refractivity contribution in [1.29, 1.82) is 0 Å². The molecule has 1 unspecified atom stereocenters. The molecule has 1 aromatic rings. The van der Waals surface area contributed by atoms with Crippen molar-refractivity contribution >= 4 is 11.4 Å². The molecule has 1 saturated heterocycles. The zero-order chi connectivity index (χ0) is 14.7. The third kappa shape index (κ3) is 2.82. The number of anilines is 1. The topological polar surface area (TPSA) is 81.6 Å². The Morgan fingerprint density at radius 2 is 2.35 bits per heavy atom. The van der Waals surface area contributed by atoms with E-state index < -0.39 is 10.7 Å². The fraction of sp³-hybridized carbons (Fsp3) is 0.538. The van der Waals surface area contributed by atoms with E-state index >= 15 is 0 Å². The summed E-state index contributed by atoms with van der Waals surface area (Å²) in [5, 5.41) is 10.8. The number of nitro groups is 1. The van der Waals surface area contributed by atoms with Crippen LogP contribution in [-0.2, 0) is 0 Å². The molecule has 7 heteroatoms. The van der Waals surface area contributed by atoms with E-state index in [0.29, 0.717) is 31.2 Å². The van der Waals surface area contributed by atoms with Crippen molar-refractivity contribution in [3.05, 3.63) is 28.1 Å². The number of ether oxygens (including phenoxy) is 1. The molecule has 0 aliphatic carbocycles. The average molecular weight is 283 g/mol. The van der Waals surface area contributed by atoms with E-state index in [1.54, 1.807) is 0 Å². The molecule has 20 heavy (non-hydrogen) atoms. The van der Waals surface area contributed by atoms with Gasteiger partial charge in [0.2, 0.25) is 0 Å². The largest absolute Gasteiger partial charge is 0.490 e. The van der Waals surface area contributed by atoms with Gasteiger partial charge in [-0.1, -0.05) is 0 Å². The number of hydrogen-bond acceptors (Lipinski definition) is 5. The zero-order valence-corrected chi connectivity index (χ0v) is 11.3. The molecule has 1 aliphatic heterocycles. The monoisotopic (exact) mass is 283 g/mol. The number of nitro benzene ring substituents is 1. The molecule has 1 heterocycles.